The van der Waals surface area contributed by atoms with Crippen LogP contribution in [0.5, 0.6) is 0 Å². The Kier molecular flexibility index (Phi) is 5.42. The highest BCUT2D eigenvalue weighted by Gasteiger charge is 2.37. The van der Waals surface area contributed by atoms with E-state index >= 15 is 0 Å². The second-order valence-electron chi connectivity index (χ2n) is 6.56. The summed E-state index contributed by atoms with van der Waals surface area (Å²) in [4.78, 5) is 16.3. The Morgan fingerprint density at radius 1 is 1.19 bits per heavy atom. The minimum absolute atomic E-state index is 0.0582. The minimum atomic E-state index is -4.52. The summed E-state index contributed by atoms with van der Waals surface area (Å²) < 4.78 is 40.1. The zero-order chi connectivity index (χ0) is 19.8. The maximum absolute atomic E-state index is 13.0. The molecule has 27 heavy (non-hydrogen) atoms. The molecule has 0 aliphatic carbocycles. The molecule has 1 aliphatic heterocycles. The number of hydrogen-bond donors (Lipinski definition) is 0. The number of carbonyl (C=O) groups excluding carboxylic acids is 1. The van der Waals surface area contributed by atoms with Crippen LogP contribution in [0.3, 0.4) is 0 Å². The van der Waals surface area contributed by atoms with Gasteiger partial charge in [-0.2, -0.15) is 18.3 Å². The van der Waals surface area contributed by atoms with E-state index in [-0.39, 0.29) is 17.9 Å². The second-order valence-corrected chi connectivity index (χ2v) is 7.00. The highest BCUT2D eigenvalue weighted by atomic mass is 35.5. The molecule has 0 spiro atoms. The average Bonchev–Trinajstić information content (AvgIpc) is 2.91. The summed E-state index contributed by atoms with van der Waals surface area (Å²) >= 11 is 5.90. The van der Waals surface area contributed by atoms with Gasteiger partial charge in [0.2, 0.25) is 5.91 Å². The van der Waals surface area contributed by atoms with Crippen molar-refractivity contribution < 1.29 is 18.0 Å². The van der Waals surface area contributed by atoms with Crippen LogP contribution in [-0.2, 0) is 17.5 Å². The third-order valence-electron chi connectivity index (χ3n) is 4.88. The molecule has 3 rings (SSSR count). The number of benzene rings is 1. The number of rotatable bonds is 3. The van der Waals surface area contributed by atoms with E-state index in [1.54, 1.807) is 11.8 Å². The Labute approximate surface area is 161 Å². The van der Waals surface area contributed by atoms with Crippen LogP contribution in [0.1, 0.15) is 11.4 Å². The van der Waals surface area contributed by atoms with Crippen LogP contribution >= 0.6 is 11.6 Å². The molecule has 0 radical (unpaired) electrons. The molecule has 1 saturated heterocycles. The number of hydrogen-bond acceptors (Lipinski definition) is 3. The topological polar surface area (TPSA) is 41.4 Å². The van der Waals surface area contributed by atoms with Crippen molar-refractivity contribution in [3.05, 3.63) is 40.7 Å². The molecule has 1 aromatic carbocycles. The molecule has 0 atom stereocenters. The smallest absolute Gasteiger partial charge is 0.368 e. The van der Waals surface area contributed by atoms with Crippen molar-refractivity contribution in [2.24, 2.45) is 0 Å². The molecule has 1 aliphatic rings. The van der Waals surface area contributed by atoms with Gasteiger partial charge < -0.3 is 9.80 Å². The second kappa shape index (κ2) is 7.46. The number of piperazine rings is 1. The molecule has 0 unspecified atom stereocenters. The zero-order valence-electron chi connectivity index (χ0n) is 15.1. The Bertz CT molecular complexity index is 830. The number of amides is 1. The number of nitrogens with zero attached hydrogens (tertiary/aromatic N) is 4. The first-order valence-corrected chi connectivity index (χ1v) is 8.94. The minimum Gasteiger partial charge on any atom is -0.368 e. The van der Waals surface area contributed by atoms with Gasteiger partial charge in [-0.15, -0.1) is 0 Å². The molecule has 1 fully saturated rings. The summed E-state index contributed by atoms with van der Waals surface area (Å²) in [6.45, 7) is 3.67. The Morgan fingerprint density at radius 3 is 2.30 bits per heavy atom. The average molecular weight is 399 g/mol. The van der Waals surface area contributed by atoms with Crippen molar-refractivity contribution in [2.75, 3.05) is 31.1 Å². The van der Waals surface area contributed by atoms with Crippen molar-refractivity contribution >= 4 is 36.5 Å². The van der Waals surface area contributed by atoms with Gasteiger partial charge >= 0.3 is 6.18 Å². The van der Waals surface area contributed by atoms with Gasteiger partial charge in [0.05, 0.1) is 0 Å². The largest absolute Gasteiger partial charge is 0.434 e. The van der Waals surface area contributed by atoms with Gasteiger partial charge in [-0.25, -0.2) is 0 Å². The number of aromatic nitrogens is 2. The summed E-state index contributed by atoms with van der Waals surface area (Å²) in [7, 11) is 1.37. The lowest BCUT2D eigenvalue weighted by Crippen LogP contribution is -2.49. The summed E-state index contributed by atoms with van der Waals surface area (Å²) in [5.41, 5.74) is 0.513. The first-order valence-electron chi connectivity index (χ1n) is 8.56. The highest BCUT2D eigenvalue weighted by molar-refractivity contribution is 6.34. The van der Waals surface area contributed by atoms with Crippen LogP contribution in [0.4, 0.5) is 18.9 Å². The first-order chi connectivity index (χ1) is 12.7. The van der Waals surface area contributed by atoms with E-state index in [0.29, 0.717) is 36.9 Å². The quantitative estimate of drug-likeness (QED) is 0.736. The normalized spacial score (nSPS) is 15.3. The third kappa shape index (κ3) is 4.23. The summed E-state index contributed by atoms with van der Waals surface area (Å²) in [6.07, 6.45) is -4.52. The predicted molar refractivity (Wildman–Crippen MR) is 100 cm³/mol. The van der Waals surface area contributed by atoms with Crippen LogP contribution < -0.4 is 10.4 Å². The third-order valence-corrected chi connectivity index (χ3v) is 5.14. The van der Waals surface area contributed by atoms with Crippen molar-refractivity contribution in [2.45, 2.75) is 19.6 Å². The van der Waals surface area contributed by atoms with Gasteiger partial charge in [0.25, 0.3) is 0 Å². The fraction of sp³-hybridized carbons (Fsp3) is 0.412. The van der Waals surface area contributed by atoms with Gasteiger partial charge in [-0.3, -0.25) is 9.48 Å². The van der Waals surface area contributed by atoms with E-state index in [0.717, 1.165) is 10.4 Å². The van der Waals surface area contributed by atoms with E-state index < -0.39 is 11.9 Å². The van der Waals surface area contributed by atoms with Gasteiger partial charge in [-0.05, 0) is 36.7 Å². The van der Waals surface area contributed by atoms with E-state index in [9.17, 15) is 18.0 Å². The lowest BCUT2D eigenvalue weighted by atomic mass is 9.93. The molecule has 5 nitrogen and oxygen atoms in total. The molecule has 10 heteroatoms. The van der Waals surface area contributed by atoms with Crippen molar-refractivity contribution in [1.82, 2.24) is 14.7 Å². The zero-order valence-corrected chi connectivity index (χ0v) is 15.8. The monoisotopic (exact) mass is 398 g/mol. The molecule has 0 saturated carbocycles. The van der Waals surface area contributed by atoms with E-state index in [1.165, 1.54) is 7.85 Å². The molecule has 0 bridgehead atoms. The van der Waals surface area contributed by atoms with Crippen LogP contribution in [0.15, 0.2) is 24.3 Å². The molecule has 0 N–H and O–H groups in total. The Hall–Kier alpha value is -2.16. The lowest BCUT2D eigenvalue weighted by molar-refractivity contribution is -0.141. The van der Waals surface area contributed by atoms with Crippen LogP contribution in [-0.4, -0.2) is 54.6 Å². The van der Waals surface area contributed by atoms with Crippen LogP contribution in [0.2, 0.25) is 5.02 Å². The van der Waals surface area contributed by atoms with Crippen LogP contribution in [0, 0.1) is 6.92 Å². The molecule has 144 valence electrons. The first kappa shape index (κ1) is 19.6. The van der Waals surface area contributed by atoms with E-state index in [2.05, 4.69) is 10.00 Å². The highest BCUT2D eigenvalue weighted by Crippen LogP contribution is 2.27. The number of anilines is 1. The number of carbonyl (C=O) groups is 1. The van der Waals surface area contributed by atoms with E-state index in [1.807, 2.05) is 24.3 Å². The molecular formula is C17H19BClF3N4O. The fourth-order valence-corrected chi connectivity index (χ4v) is 3.28. The standard InChI is InChI=1S/C17H19BClF3N4O/c1-11-15(18)16(17(20,21)22)23-26(11)10-14(27)25-8-6-24(7-9-25)13-4-2-12(19)3-5-13/h2-5H,6-10,18H2,1H3. The molecular weight excluding hydrogens is 379 g/mol. The van der Waals surface area contributed by atoms with Gasteiger partial charge in [0.1, 0.15) is 14.4 Å². The van der Waals surface area contributed by atoms with Crippen molar-refractivity contribution in [1.29, 1.82) is 0 Å². The predicted octanol–water partition coefficient (Wildman–Crippen LogP) is 1.47. The molecule has 2 aromatic rings. The molecule has 1 amide bonds. The maximum atomic E-state index is 13.0. The van der Waals surface area contributed by atoms with Crippen molar-refractivity contribution in [3.8, 4) is 0 Å². The van der Waals surface area contributed by atoms with E-state index in [4.69, 9.17) is 11.6 Å². The van der Waals surface area contributed by atoms with Gasteiger partial charge in [0.15, 0.2) is 5.69 Å². The van der Waals surface area contributed by atoms with Crippen molar-refractivity contribution in [3.63, 3.8) is 0 Å². The summed E-state index contributed by atoms with van der Waals surface area (Å²) in [6, 6.07) is 7.48. The van der Waals surface area contributed by atoms with Gasteiger partial charge in [-0.1, -0.05) is 11.6 Å². The molecule has 1 aromatic heterocycles. The number of alkyl halides is 3. The lowest BCUT2D eigenvalue weighted by Gasteiger charge is -2.36. The summed E-state index contributed by atoms with van der Waals surface area (Å²) in [5.74, 6) is -0.231. The number of halogens is 4. The Balaban J connectivity index is 1.63. The molecule has 2 heterocycles. The van der Waals surface area contributed by atoms with Gasteiger partial charge in [0, 0.05) is 42.6 Å². The summed E-state index contributed by atoms with van der Waals surface area (Å²) in [5, 5.41) is 4.27. The maximum Gasteiger partial charge on any atom is 0.434 e. The SMILES string of the molecule is Bc1c(C(F)(F)F)nn(CC(=O)N2CCN(c3ccc(Cl)cc3)CC2)c1C. The Morgan fingerprint density at radius 2 is 1.78 bits per heavy atom. The fourth-order valence-electron chi connectivity index (χ4n) is 3.15. The van der Waals surface area contributed by atoms with Crippen LogP contribution in [0.25, 0.3) is 0 Å².